The topological polar surface area (TPSA) is 102 Å². The van der Waals surface area contributed by atoms with E-state index in [1.54, 1.807) is 12.1 Å². The third-order valence-electron chi connectivity index (χ3n) is 4.63. The summed E-state index contributed by atoms with van der Waals surface area (Å²) in [5.74, 6) is 9.81. The van der Waals surface area contributed by atoms with Gasteiger partial charge in [0.15, 0.2) is 0 Å². The fourth-order valence-corrected chi connectivity index (χ4v) is 2.96. The van der Waals surface area contributed by atoms with Gasteiger partial charge in [-0.25, -0.2) is 9.87 Å². The second-order valence-electron chi connectivity index (χ2n) is 7.60. The maximum atomic E-state index is 13.1. The van der Waals surface area contributed by atoms with Gasteiger partial charge in [-0.3, -0.25) is 19.7 Å². The fraction of sp³-hybridized carbons (Fsp3) is 0.455. The molecule has 0 aliphatic carbocycles. The van der Waals surface area contributed by atoms with Gasteiger partial charge in [0.25, 0.3) is 11.8 Å². The van der Waals surface area contributed by atoms with Crippen LogP contribution in [0.5, 0.6) is 0 Å². The Bertz CT molecular complexity index is 872. The van der Waals surface area contributed by atoms with E-state index in [9.17, 15) is 19.1 Å². The van der Waals surface area contributed by atoms with E-state index in [1.165, 1.54) is 31.5 Å². The molecular weight excluding hydrogens is 389 g/mol. The quantitative estimate of drug-likeness (QED) is 0.314. The molecule has 1 aliphatic rings. The highest BCUT2D eigenvalue weighted by atomic mass is 19.1. The maximum absolute atomic E-state index is 13.1. The molecule has 4 N–H and O–H groups in total. The molecule has 1 aliphatic heterocycles. The molecule has 2 atom stereocenters. The summed E-state index contributed by atoms with van der Waals surface area (Å²) >= 11 is 0. The lowest BCUT2D eigenvalue weighted by Crippen LogP contribution is -2.57. The second kappa shape index (κ2) is 10.7. The van der Waals surface area contributed by atoms with Crippen molar-refractivity contribution in [3.8, 4) is 23.7 Å². The van der Waals surface area contributed by atoms with Crippen LogP contribution in [0.4, 0.5) is 4.39 Å². The van der Waals surface area contributed by atoms with Gasteiger partial charge in [-0.2, -0.15) is 0 Å². The number of hydrogen-bond acceptors (Lipinski definition) is 5. The molecule has 160 valence electrons. The molecule has 2 amide bonds. The summed E-state index contributed by atoms with van der Waals surface area (Å²) < 4.78 is 13.1. The Balaban J connectivity index is 1.89. The fourth-order valence-electron chi connectivity index (χ4n) is 2.96. The Hall–Kier alpha value is -2.91. The minimum atomic E-state index is -1.57. The highest BCUT2D eigenvalue weighted by Gasteiger charge is 2.34. The average Bonchev–Trinajstić information content (AvgIpc) is 3.12. The lowest BCUT2D eigenvalue weighted by molar-refractivity contribution is -0.136. The number of amides is 2. The van der Waals surface area contributed by atoms with E-state index in [0.29, 0.717) is 24.9 Å². The summed E-state index contributed by atoms with van der Waals surface area (Å²) in [6.45, 7) is 4.68. The number of likely N-dealkylation sites (tertiary alicyclic amines) is 1. The van der Waals surface area contributed by atoms with Gasteiger partial charge in [0.05, 0.1) is 5.60 Å². The number of carbonyl (C=O) groups excluding carboxylic acids is 2. The monoisotopic (exact) mass is 415 g/mol. The Morgan fingerprint density at radius 3 is 2.57 bits per heavy atom. The molecule has 1 saturated heterocycles. The third kappa shape index (κ3) is 7.16. The van der Waals surface area contributed by atoms with Crippen molar-refractivity contribution in [3.05, 3.63) is 35.4 Å². The first-order valence-corrected chi connectivity index (χ1v) is 9.63. The summed E-state index contributed by atoms with van der Waals surface area (Å²) in [6, 6.07) is 5.01. The van der Waals surface area contributed by atoms with E-state index < -0.39 is 29.6 Å². The van der Waals surface area contributed by atoms with E-state index in [-0.39, 0.29) is 5.56 Å². The van der Waals surface area contributed by atoms with Crippen LogP contribution in [0.25, 0.3) is 0 Å². The van der Waals surface area contributed by atoms with Crippen LogP contribution in [0.2, 0.25) is 0 Å². The number of nitrogens with one attached hydrogen (secondary N) is 2. The molecule has 8 heteroatoms. The number of hydrogen-bond donors (Lipinski definition) is 4. The first-order valence-electron chi connectivity index (χ1n) is 9.63. The Morgan fingerprint density at radius 1 is 1.30 bits per heavy atom. The summed E-state index contributed by atoms with van der Waals surface area (Å²) in [5.41, 5.74) is 0.781. The predicted molar refractivity (Wildman–Crippen MR) is 109 cm³/mol. The molecule has 1 aromatic rings. The molecule has 0 aromatic heterocycles. The molecule has 0 radical (unpaired) electrons. The Morgan fingerprint density at radius 2 is 2.00 bits per heavy atom. The SMILES string of the molecule is CC(C)(O)[C@H](NC(=O)c1ccc(C#CC#CCCN2CCC(F)C2)cc1)C(=O)NO. The number of benzene rings is 1. The van der Waals surface area contributed by atoms with Crippen LogP contribution in [0.15, 0.2) is 24.3 Å². The van der Waals surface area contributed by atoms with Gasteiger partial charge in [-0.1, -0.05) is 11.8 Å². The van der Waals surface area contributed by atoms with Crippen LogP contribution >= 0.6 is 0 Å². The Kier molecular flexibility index (Phi) is 8.37. The van der Waals surface area contributed by atoms with Crippen molar-refractivity contribution in [2.24, 2.45) is 0 Å². The number of halogens is 1. The number of aliphatic hydroxyl groups is 1. The lowest BCUT2D eigenvalue weighted by Gasteiger charge is -2.28. The molecule has 1 aromatic carbocycles. The van der Waals surface area contributed by atoms with Gasteiger partial charge in [-0.15, -0.1) is 0 Å². The van der Waals surface area contributed by atoms with E-state index >= 15 is 0 Å². The third-order valence-corrected chi connectivity index (χ3v) is 4.63. The molecule has 2 rings (SSSR count). The van der Waals surface area contributed by atoms with E-state index in [1.807, 2.05) is 4.90 Å². The van der Waals surface area contributed by atoms with Gasteiger partial charge in [0.1, 0.15) is 12.2 Å². The first kappa shape index (κ1) is 23.4. The van der Waals surface area contributed by atoms with Crippen LogP contribution in [-0.2, 0) is 4.79 Å². The molecular formula is C22H26FN3O4. The average molecular weight is 415 g/mol. The largest absolute Gasteiger partial charge is 0.388 e. The van der Waals surface area contributed by atoms with E-state index in [0.717, 1.165) is 13.1 Å². The molecule has 7 nitrogen and oxygen atoms in total. The zero-order chi connectivity index (χ0) is 22.1. The van der Waals surface area contributed by atoms with Crippen LogP contribution in [0.1, 0.15) is 42.6 Å². The molecule has 1 unspecified atom stereocenters. The van der Waals surface area contributed by atoms with Gasteiger partial charge in [0.2, 0.25) is 0 Å². The number of nitrogens with zero attached hydrogens (tertiary/aromatic N) is 1. The summed E-state index contributed by atoms with van der Waals surface area (Å²) in [4.78, 5) is 26.0. The lowest BCUT2D eigenvalue weighted by atomic mass is 9.97. The molecule has 0 bridgehead atoms. The summed E-state index contributed by atoms with van der Waals surface area (Å²) in [6.07, 6.45) is 0.495. The predicted octanol–water partition coefficient (Wildman–Crippen LogP) is 0.850. The number of rotatable bonds is 6. The standard InChI is InChI=1S/C22H26FN3O4/c1-22(2,29)19(21(28)25-30)24-20(27)17-10-8-16(9-11-17)7-5-3-4-6-13-26-14-12-18(23)15-26/h8-11,18-19,29-30H,6,12-15H2,1-2H3,(H,24,27)(H,25,28)/t18?,19-/m1/s1. The van der Waals surface area contributed by atoms with Crippen molar-refractivity contribution in [1.82, 2.24) is 15.7 Å². The normalized spacial score (nSPS) is 17.2. The highest BCUT2D eigenvalue weighted by molar-refractivity contribution is 5.97. The Labute approximate surface area is 175 Å². The van der Waals surface area contributed by atoms with E-state index in [2.05, 4.69) is 29.0 Å². The van der Waals surface area contributed by atoms with Crippen LogP contribution < -0.4 is 10.8 Å². The van der Waals surface area contributed by atoms with Crippen LogP contribution in [0, 0.1) is 23.7 Å². The van der Waals surface area contributed by atoms with Gasteiger partial charge >= 0.3 is 0 Å². The highest BCUT2D eigenvalue weighted by Crippen LogP contribution is 2.12. The van der Waals surface area contributed by atoms with Crippen LogP contribution in [-0.4, -0.2) is 64.5 Å². The minimum absolute atomic E-state index is 0.267. The maximum Gasteiger partial charge on any atom is 0.268 e. The zero-order valence-electron chi connectivity index (χ0n) is 17.0. The molecule has 0 spiro atoms. The minimum Gasteiger partial charge on any atom is -0.388 e. The van der Waals surface area contributed by atoms with Crippen molar-refractivity contribution in [3.63, 3.8) is 0 Å². The molecule has 30 heavy (non-hydrogen) atoms. The molecule has 1 heterocycles. The summed E-state index contributed by atoms with van der Waals surface area (Å²) in [5, 5.41) is 21.2. The molecule has 1 fully saturated rings. The van der Waals surface area contributed by atoms with Gasteiger partial charge < -0.3 is 10.4 Å². The van der Waals surface area contributed by atoms with Crippen LogP contribution in [0.3, 0.4) is 0 Å². The van der Waals surface area contributed by atoms with Crippen molar-refractivity contribution in [1.29, 1.82) is 0 Å². The smallest absolute Gasteiger partial charge is 0.268 e. The van der Waals surface area contributed by atoms with Crippen molar-refractivity contribution in [2.45, 2.75) is 44.5 Å². The van der Waals surface area contributed by atoms with Crippen molar-refractivity contribution >= 4 is 11.8 Å². The number of carbonyl (C=O) groups is 2. The van der Waals surface area contributed by atoms with Crippen molar-refractivity contribution in [2.75, 3.05) is 19.6 Å². The van der Waals surface area contributed by atoms with Gasteiger partial charge in [-0.05, 0) is 56.4 Å². The van der Waals surface area contributed by atoms with Gasteiger partial charge in [0, 0.05) is 37.2 Å². The first-order chi connectivity index (χ1) is 14.2. The van der Waals surface area contributed by atoms with Crippen molar-refractivity contribution < 1.29 is 24.3 Å². The zero-order valence-corrected chi connectivity index (χ0v) is 17.0. The van der Waals surface area contributed by atoms with E-state index in [4.69, 9.17) is 5.21 Å². The summed E-state index contributed by atoms with van der Waals surface area (Å²) in [7, 11) is 0. The number of hydroxylamine groups is 1. The molecule has 0 saturated carbocycles. The number of alkyl halides is 1. The second-order valence-corrected chi connectivity index (χ2v) is 7.60.